The third kappa shape index (κ3) is 4.63. The molecule has 0 bridgehead atoms. The zero-order valence-electron chi connectivity index (χ0n) is 17.9. The fraction of sp³-hybridized carbons (Fsp3) is 0.545. The number of aromatic nitrogens is 3. The lowest BCUT2D eigenvalue weighted by atomic mass is 9.90. The van der Waals surface area contributed by atoms with Crippen LogP contribution in [0.15, 0.2) is 24.5 Å². The number of rotatable bonds is 4. The molecule has 0 spiro atoms. The van der Waals surface area contributed by atoms with E-state index < -0.39 is 0 Å². The summed E-state index contributed by atoms with van der Waals surface area (Å²) in [5.41, 5.74) is 3.56. The molecule has 0 saturated heterocycles. The summed E-state index contributed by atoms with van der Waals surface area (Å²) in [7, 11) is 0. The van der Waals surface area contributed by atoms with Gasteiger partial charge in [-0.15, -0.1) is 0 Å². The fourth-order valence-corrected chi connectivity index (χ4v) is 4.56. The van der Waals surface area contributed by atoms with Gasteiger partial charge in [-0.25, -0.2) is 9.78 Å². The first-order chi connectivity index (χ1) is 14.3. The average molecular weight is 411 g/mol. The summed E-state index contributed by atoms with van der Waals surface area (Å²) in [5, 5.41) is 13.4. The van der Waals surface area contributed by atoms with Crippen molar-refractivity contribution in [2.24, 2.45) is 5.41 Å². The van der Waals surface area contributed by atoms with Crippen molar-refractivity contribution >= 4 is 17.8 Å². The Morgan fingerprint density at radius 2 is 1.83 bits per heavy atom. The van der Waals surface area contributed by atoms with Crippen LogP contribution in [0.1, 0.15) is 52.1 Å². The standard InChI is InChI=1S/C22H30N6O2/c1-14(29)25-16-4-6-17(7-5-16)26-21(30)27-20-10-15(8-9-23-20)18-12-24-28-13-22(2,3)11-19(18)28/h8-10,12,16-17H,4-7,11,13H2,1-3H3,(H,25,29)(H2,23,26,27,30). The summed E-state index contributed by atoms with van der Waals surface area (Å²) in [6.07, 6.45) is 8.05. The van der Waals surface area contributed by atoms with E-state index in [0.717, 1.165) is 49.8 Å². The number of nitrogens with one attached hydrogen (secondary N) is 3. The van der Waals surface area contributed by atoms with E-state index in [0.29, 0.717) is 5.82 Å². The number of hydrogen-bond acceptors (Lipinski definition) is 4. The highest BCUT2D eigenvalue weighted by atomic mass is 16.2. The SMILES string of the molecule is CC(=O)NC1CCC(NC(=O)Nc2cc(-c3cnn4c3CC(C)(C)C4)ccn2)CC1. The maximum Gasteiger partial charge on any atom is 0.320 e. The van der Waals surface area contributed by atoms with Gasteiger partial charge in [-0.05, 0) is 55.2 Å². The molecular weight excluding hydrogens is 380 g/mol. The van der Waals surface area contributed by atoms with Crippen molar-refractivity contribution in [3.63, 3.8) is 0 Å². The Labute approximate surface area is 176 Å². The van der Waals surface area contributed by atoms with Crippen molar-refractivity contribution in [3.8, 4) is 11.1 Å². The molecule has 160 valence electrons. The number of anilines is 1. The van der Waals surface area contributed by atoms with E-state index in [4.69, 9.17) is 0 Å². The van der Waals surface area contributed by atoms with Crippen LogP contribution in [0.4, 0.5) is 10.6 Å². The van der Waals surface area contributed by atoms with Crippen LogP contribution in [0, 0.1) is 5.41 Å². The van der Waals surface area contributed by atoms with E-state index in [-0.39, 0.29) is 29.4 Å². The van der Waals surface area contributed by atoms with E-state index in [1.807, 2.05) is 18.3 Å². The summed E-state index contributed by atoms with van der Waals surface area (Å²) < 4.78 is 2.08. The van der Waals surface area contributed by atoms with E-state index in [9.17, 15) is 9.59 Å². The molecule has 0 unspecified atom stereocenters. The van der Waals surface area contributed by atoms with Crippen LogP contribution < -0.4 is 16.0 Å². The maximum absolute atomic E-state index is 12.5. The molecular formula is C22H30N6O2. The van der Waals surface area contributed by atoms with Gasteiger partial charge in [0.25, 0.3) is 0 Å². The third-order valence-corrected chi connectivity index (χ3v) is 5.95. The van der Waals surface area contributed by atoms with Crippen molar-refractivity contribution in [2.45, 2.75) is 71.5 Å². The lowest BCUT2D eigenvalue weighted by Gasteiger charge is -2.29. The van der Waals surface area contributed by atoms with E-state index in [2.05, 4.69) is 44.6 Å². The van der Waals surface area contributed by atoms with Gasteiger partial charge in [-0.1, -0.05) is 13.8 Å². The Morgan fingerprint density at radius 3 is 2.53 bits per heavy atom. The minimum absolute atomic E-state index is 0.00253. The summed E-state index contributed by atoms with van der Waals surface area (Å²) in [6.45, 7) is 6.96. The van der Waals surface area contributed by atoms with E-state index >= 15 is 0 Å². The molecule has 2 aromatic rings. The summed E-state index contributed by atoms with van der Waals surface area (Å²) in [4.78, 5) is 27.9. The quantitative estimate of drug-likeness (QED) is 0.721. The molecule has 8 nitrogen and oxygen atoms in total. The monoisotopic (exact) mass is 410 g/mol. The van der Waals surface area contributed by atoms with Gasteiger partial charge < -0.3 is 10.6 Å². The van der Waals surface area contributed by atoms with Gasteiger partial charge in [-0.3, -0.25) is 14.8 Å². The fourth-order valence-electron chi connectivity index (χ4n) is 4.56. The Bertz CT molecular complexity index is 943. The van der Waals surface area contributed by atoms with Gasteiger partial charge in [0.15, 0.2) is 0 Å². The summed E-state index contributed by atoms with van der Waals surface area (Å²) in [6, 6.07) is 3.93. The number of urea groups is 1. The van der Waals surface area contributed by atoms with Gasteiger partial charge in [0.05, 0.1) is 6.20 Å². The Hall–Kier alpha value is -2.90. The first-order valence-electron chi connectivity index (χ1n) is 10.6. The van der Waals surface area contributed by atoms with Crippen LogP contribution >= 0.6 is 0 Å². The lowest BCUT2D eigenvalue weighted by molar-refractivity contribution is -0.119. The van der Waals surface area contributed by atoms with Gasteiger partial charge in [0.2, 0.25) is 5.91 Å². The molecule has 3 heterocycles. The maximum atomic E-state index is 12.5. The number of pyridine rings is 1. The van der Waals surface area contributed by atoms with Gasteiger partial charge in [0, 0.05) is 43.0 Å². The van der Waals surface area contributed by atoms with E-state index in [1.165, 1.54) is 12.6 Å². The molecule has 0 radical (unpaired) electrons. The molecule has 1 aliphatic carbocycles. The molecule has 4 rings (SSSR count). The average Bonchev–Trinajstić information content (AvgIpc) is 3.18. The van der Waals surface area contributed by atoms with Crippen LogP contribution in [0.2, 0.25) is 0 Å². The minimum atomic E-state index is -0.246. The Kier molecular flexibility index (Phi) is 5.49. The third-order valence-electron chi connectivity index (χ3n) is 5.95. The first kappa shape index (κ1) is 20.4. The van der Waals surface area contributed by atoms with Crippen molar-refractivity contribution in [1.82, 2.24) is 25.4 Å². The van der Waals surface area contributed by atoms with Crippen LogP contribution in [0.5, 0.6) is 0 Å². The van der Waals surface area contributed by atoms with Crippen LogP contribution in [0.25, 0.3) is 11.1 Å². The van der Waals surface area contributed by atoms with Crippen LogP contribution in [0.3, 0.4) is 0 Å². The molecule has 0 aromatic carbocycles. The number of hydrogen-bond donors (Lipinski definition) is 3. The van der Waals surface area contributed by atoms with Crippen LogP contribution in [-0.2, 0) is 17.8 Å². The second-order valence-corrected chi connectivity index (χ2v) is 9.28. The highest BCUT2D eigenvalue weighted by molar-refractivity contribution is 5.89. The molecule has 2 aliphatic rings. The van der Waals surface area contributed by atoms with Crippen LogP contribution in [-0.4, -0.2) is 38.8 Å². The number of carbonyl (C=O) groups excluding carboxylic acids is 2. The summed E-state index contributed by atoms with van der Waals surface area (Å²) >= 11 is 0. The first-order valence-corrected chi connectivity index (χ1v) is 10.6. The Morgan fingerprint density at radius 1 is 1.13 bits per heavy atom. The molecule has 1 saturated carbocycles. The Balaban J connectivity index is 1.36. The molecule has 3 N–H and O–H groups in total. The number of carbonyl (C=O) groups is 2. The zero-order chi connectivity index (χ0) is 21.3. The molecule has 8 heteroatoms. The normalized spacial score (nSPS) is 22.2. The van der Waals surface area contributed by atoms with Crippen molar-refractivity contribution < 1.29 is 9.59 Å². The summed E-state index contributed by atoms with van der Waals surface area (Å²) in [5.74, 6) is 0.525. The van der Waals surface area contributed by atoms with E-state index in [1.54, 1.807) is 6.20 Å². The number of fused-ring (bicyclic) bond motifs is 1. The van der Waals surface area contributed by atoms with Crippen molar-refractivity contribution in [3.05, 3.63) is 30.2 Å². The molecule has 30 heavy (non-hydrogen) atoms. The van der Waals surface area contributed by atoms with Gasteiger partial charge in [-0.2, -0.15) is 5.10 Å². The highest BCUT2D eigenvalue weighted by Gasteiger charge is 2.31. The molecule has 2 aromatic heterocycles. The lowest BCUT2D eigenvalue weighted by Crippen LogP contribution is -2.44. The molecule has 3 amide bonds. The topological polar surface area (TPSA) is 101 Å². The van der Waals surface area contributed by atoms with Gasteiger partial charge >= 0.3 is 6.03 Å². The predicted octanol–water partition coefficient (Wildman–Crippen LogP) is 3.10. The second-order valence-electron chi connectivity index (χ2n) is 9.28. The van der Waals surface area contributed by atoms with Gasteiger partial charge in [0.1, 0.15) is 5.82 Å². The zero-order valence-corrected chi connectivity index (χ0v) is 17.9. The minimum Gasteiger partial charge on any atom is -0.354 e. The number of amides is 3. The molecule has 1 aliphatic heterocycles. The van der Waals surface area contributed by atoms with Crippen molar-refractivity contribution in [1.29, 1.82) is 0 Å². The van der Waals surface area contributed by atoms with Crippen molar-refractivity contribution in [2.75, 3.05) is 5.32 Å². The predicted molar refractivity (Wildman–Crippen MR) is 115 cm³/mol. The largest absolute Gasteiger partial charge is 0.354 e. The highest BCUT2D eigenvalue weighted by Crippen LogP contribution is 2.37. The molecule has 1 fully saturated rings. The smallest absolute Gasteiger partial charge is 0.320 e. The second kappa shape index (κ2) is 8.08. The molecule has 0 atom stereocenters. The number of nitrogens with zero attached hydrogens (tertiary/aromatic N) is 3.